The van der Waals surface area contributed by atoms with Gasteiger partial charge in [-0.15, -0.1) is 12.4 Å². The Morgan fingerprint density at radius 1 is 1.04 bits per heavy atom. The summed E-state index contributed by atoms with van der Waals surface area (Å²) in [6, 6.07) is 2.65. The van der Waals surface area contributed by atoms with Crippen LogP contribution in [0.1, 0.15) is 30.0 Å². The average molecular weight is 456 g/mol. The summed E-state index contributed by atoms with van der Waals surface area (Å²) in [7, 11) is 0. The molecule has 0 bridgehead atoms. The molecule has 1 aromatic rings. The van der Waals surface area contributed by atoms with Crippen LogP contribution >= 0.6 is 28.3 Å². The summed E-state index contributed by atoms with van der Waals surface area (Å²) in [4.78, 5) is 1.81. The zero-order chi connectivity index (χ0) is 18.0. The summed E-state index contributed by atoms with van der Waals surface area (Å²) in [5.74, 6) is 0. The number of hydrogen-bond acceptors (Lipinski definition) is 2. The highest BCUT2D eigenvalue weighted by atomic mass is 79.9. The number of alkyl halides is 6. The fourth-order valence-corrected chi connectivity index (χ4v) is 3.33. The van der Waals surface area contributed by atoms with Crippen molar-refractivity contribution >= 4 is 28.3 Å². The number of halogens is 8. The second-order valence-corrected chi connectivity index (χ2v) is 6.64. The monoisotopic (exact) mass is 454 g/mol. The number of hydrogen-bond donors (Lipinski definition) is 1. The van der Waals surface area contributed by atoms with Crippen molar-refractivity contribution in [3.8, 4) is 0 Å². The maximum absolute atomic E-state index is 13.0. The fraction of sp³-hybridized carbons (Fsp3) is 0.600. The first kappa shape index (κ1) is 22.5. The molecule has 1 aliphatic heterocycles. The molecule has 2 nitrogen and oxygen atoms in total. The molecule has 1 atom stereocenters. The lowest BCUT2D eigenvalue weighted by atomic mass is 9.97. The quantitative estimate of drug-likeness (QED) is 0.630. The molecule has 0 saturated carbocycles. The lowest BCUT2D eigenvalue weighted by molar-refractivity contribution is -0.140. The zero-order valence-corrected chi connectivity index (χ0v) is 15.5. The number of benzene rings is 1. The topological polar surface area (TPSA) is 15.3 Å². The summed E-state index contributed by atoms with van der Waals surface area (Å²) in [5.41, 5.74) is -0.609. The van der Waals surface area contributed by atoms with Crippen LogP contribution < -0.4 is 5.32 Å². The molecule has 0 unspecified atom stereocenters. The van der Waals surface area contributed by atoms with E-state index < -0.39 is 30.4 Å². The van der Waals surface area contributed by atoms with Crippen molar-refractivity contribution in [1.82, 2.24) is 10.2 Å². The van der Waals surface area contributed by atoms with Crippen molar-refractivity contribution in [2.24, 2.45) is 0 Å². The SMILES string of the molecule is Cl.FC(F)(F)CC[C@@H](c1cc(Br)cc(C(F)(F)F)c1)N1CCNCC1. The number of nitrogens with one attached hydrogen (secondary N) is 1. The fourth-order valence-electron chi connectivity index (χ4n) is 2.82. The Bertz CT molecular complexity index is 558. The molecule has 0 amide bonds. The number of nitrogens with zero attached hydrogens (tertiary/aromatic N) is 1. The van der Waals surface area contributed by atoms with Crippen LogP contribution in [0.4, 0.5) is 26.3 Å². The molecule has 1 fully saturated rings. The van der Waals surface area contributed by atoms with Gasteiger partial charge in [-0.1, -0.05) is 15.9 Å². The highest BCUT2D eigenvalue weighted by molar-refractivity contribution is 9.10. The van der Waals surface area contributed by atoms with Crippen molar-refractivity contribution in [3.05, 3.63) is 33.8 Å². The van der Waals surface area contributed by atoms with Gasteiger partial charge in [0.05, 0.1) is 5.56 Å². The molecule has 10 heteroatoms. The Balaban J connectivity index is 0.00000312. The van der Waals surface area contributed by atoms with Crippen LogP contribution in [0.25, 0.3) is 0 Å². The first-order valence-electron chi connectivity index (χ1n) is 7.45. The Morgan fingerprint density at radius 2 is 1.64 bits per heavy atom. The van der Waals surface area contributed by atoms with E-state index in [0.29, 0.717) is 26.2 Å². The normalized spacial score (nSPS) is 17.9. The van der Waals surface area contributed by atoms with Crippen LogP contribution in [0.5, 0.6) is 0 Å². The second-order valence-electron chi connectivity index (χ2n) is 5.73. The molecule has 0 spiro atoms. The Morgan fingerprint density at radius 3 is 2.16 bits per heavy atom. The smallest absolute Gasteiger partial charge is 0.314 e. The minimum atomic E-state index is -4.55. The Labute approximate surface area is 156 Å². The van der Waals surface area contributed by atoms with Crippen LogP contribution in [0.2, 0.25) is 0 Å². The minimum Gasteiger partial charge on any atom is -0.314 e. The minimum absolute atomic E-state index is 0. The van der Waals surface area contributed by atoms with Gasteiger partial charge < -0.3 is 5.32 Å². The molecular formula is C15H18BrClF6N2. The zero-order valence-electron chi connectivity index (χ0n) is 13.1. The van der Waals surface area contributed by atoms with E-state index in [1.54, 1.807) is 0 Å². The van der Waals surface area contributed by atoms with Gasteiger partial charge in [0.25, 0.3) is 0 Å². The van der Waals surface area contributed by atoms with Crippen molar-refractivity contribution in [3.63, 3.8) is 0 Å². The first-order chi connectivity index (χ1) is 11.1. The van der Waals surface area contributed by atoms with Gasteiger partial charge in [0, 0.05) is 43.1 Å². The van der Waals surface area contributed by atoms with E-state index >= 15 is 0 Å². The molecular weight excluding hydrogens is 438 g/mol. The van der Waals surface area contributed by atoms with Crippen LogP contribution in [0.3, 0.4) is 0 Å². The van der Waals surface area contributed by atoms with Crippen LogP contribution in [0.15, 0.2) is 22.7 Å². The predicted octanol–water partition coefficient (Wildman–Crippen LogP) is 5.18. The maximum atomic E-state index is 13.0. The van der Waals surface area contributed by atoms with E-state index in [1.807, 2.05) is 4.90 Å². The lowest BCUT2D eigenvalue weighted by Gasteiger charge is -2.36. The second kappa shape index (κ2) is 8.92. The third-order valence-electron chi connectivity index (χ3n) is 3.93. The van der Waals surface area contributed by atoms with Gasteiger partial charge in [-0.3, -0.25) is 4.90 Å². The van der Waals surface area contributed by atoms with Gasteiger partial charge in [0.1, 0.15) is 0 Å². The van der Waals surface area contributed by atoms with Gasteiger partial charge in [-0.25, -0.2) is 0 Å². The van der Waals surface area contributed by atoms with Crippen molar-refractivity contribution in [1.29, 1.82) is 0 Å². The highest BCUT2D eigenvalue weighted by Gasteiger charge is 2.34. The molecule has 1 aliphatic rings. The number of rotatable bonds is 4. The highest BCUT2D eigenvalue weighted by Crippen LogP contribution is 2.37. The van der Waals surface area contributed by atoms with Gasteiger partial charge in [-0.05, 0) is 30.2 Å². The van der Waals surface area contributed by atoms with Crippen LogP contribution in [0, 0.1) is 0 Å². The number of piperazine rings is 1. The van der Waals surface area contributed by atoms with E-state index in [-0.39, 0.29) is 28.9 Å². The molecule has 1 saturated heterocycles. The van der Waals surface area contributed by atoms with E-state index in [9.17, 15) is 26.3 Å². The third kappa shape index (κ3) is 6.96. The van der Waals surface area contributed by atoms with Gasteiger partial charge in [0.2, 0.25) is 0 Å². The summed E-state index contributed by atoms with van der Waals surface area (Å²) >= 11 is 3.04. The summed E-state index contributed by atoms with van der Waals surface area (Å²) < 4.78 is 77.1. The lowest BCUT2D eigenvalue weighted by Crippen LogP contribution is -2.45. The van der Waals surface area contributed by atoms with E-state index in [1.165, 1.54) is 6.07 Å². The summed E-state index contributed by atoms with van der Waals surface area (Å²) in [5, 5.41) is 3.09. The molecule has 0 radical (unpaired) electrons. The Hall–Kier alpha value is -0.510. The van der Waals surface area contributed by atoms with E-state index in [2.05, 4.69) is 21.2 Å². The van der Waals surface area contributed by atoms with E-state index in [0.717, 1.165) is 12.1 Å². The summed E-state index contributed by atoms with van der Waals surface area (Å²) in [6.07, 6.45) is -10.2. The molecule has 0 aliphatic carbocycles. The molecule has 25 heavy (non-hydrogen) atoms. The molecule has 144 valence electrons. The standard InChI is InChI=1S/C15H17BrF6N2.ClH/c16-12-8-10(7-11(9-12)15(20,21)22)13(1-2-14(17,18)19)24-5-3-23-4-6-24;/h7-9,13,23H,1-6H2;1H/t13-;/m0./s1. The molecule has 1 aromatic carbocycles. The third-order valence-corrected chi connectivity index (χ3v) is 4.38. The predicted molar refractivity (Wildman–Crippen MR) is 88.9 cm³/mol. The van der Waals surface area contributed by atoms with Crippen LogP contribution in [-0.4, -0.2) is 37.3 Å². The molecule has 0 aromatic heterocycles. The Kier molecular flexibility index (Phi) is 8.04. The molecule has 1 heterocycles. The van der Waals surface area contributed by atoms with Gasteiger partial charge >= 0.3 is 12.4 Å². The van der Waals surface area contributed by atoms with Crippen molar-refractivity contribution in [2.45, 2.75) is 31.2 Å². The van der Waals surface area contributed by atoms with Crippen molar-refractivity contribution < 1.29 is 26.3 Å². The van der Waals surface area contributed by atoms with Gasteiger partial charge in [0.15, 0.2) is 0 Å². The maximum Gasteiger partial charge on any atom is 0.416 e. The molecule has 2 rings (SSSR count). The van der Waals surface area contributed by atoms with Crippen LogP contribution in [-0.2, 0) is 6.18 Å². The average Bonchev–Trinajstić information content (AvgIpc) is 2.46. The van der Waals surface area contributed by atoms with E-state index in [4.69, 9.17) is 0 Å². The van der Waals surface area contributed by atoms with Gasteiger partial charge in [-0.2, -0.15) is 26.3 Å². The molecule has 1 N–H and O–H groups in total. The van der Waals surface area contributed by atoms with Crippen molar-refractivity contribution in [2.75, 3.05) is 26.2 Å². The largest absolute Gasteiger partial charge is 0.416 e. The summed E-state index contributed by atoms with van der Waals surface area (Å²) in [6.45, 7) is 2.19. The first-order valence-corrected chi connectivity index (χ1v) is 8.25.